The average Bonchev–Trinajstić information content (AvgIpc) is 2.21. The maximum absolute atomic E-state index is 5.69. The molecule has 0 fully saturated rings. The minimum absolute atomic E-state index is 0.108. The highest BCUT2D eigenvalue weighted by atomic mass is 79.9. The quantitative estimate of drug-likeness (QED) is 0.689. The van der Waals surface area contributed by atoms with Crippen molar-refractivity contribution in [2.75, 3.05) is 0 Å². The fraction of sp³-hybridized carbons (Fsp3) is 0.333. The molecule has 1 heterocycles. The summed E-state index contributed by atoms with van der Waals surface area (Å²) in [6.07, 6.45) is 0. The molecule has 0 aliphatic carbocycles. The molecule has 0 saturated carbocycles. The van der Waals surface area contributed by atoms with E-state index in [1.165, 1.54) is 4.90 Å². The molecule has 0 unspecified atom stereocenters. The molecule has 0 atom stereocenters. The lowest BCUT2D eigenvalue weighted by molar-refractivity contribution is 0.215. The Kier molecular flexibility index (Phi) is 1.88. The molecule has 0 N–H and O–H groups in total. The lowest BCUT2D eigenvalue weighted by Gasteiger charge is -2.15. The molecule has 1 aliphatic heterocycles. The third-order valence-corrected chi connectivity index (χ3v) is 3.22. The van der Waals surface area contributed by atoms with Crippen LogP contribution in [-0.4, -0.2) is 4.93 Å². The molecule has 0 amide bonds. The highest BCUT2D eigenvalue weighted by molar-refractivity contribution is 9.10. The van der Waals surface area contributed by atoms with Gasteiger partial charge in [0.1, 0.15) is 5.75 Å². The maximum atomic E-state index is 5.69. The zero-order valence-corrected chi connectivity index (χ0v) is 9.33. The van der Waals surface area contributed by atoms with Crippen LogP contribution in [0.3, 0.4) is 0 Å². The van der Waals surface area contributed by atoms with Gasteiger partial charge in [-0.25, -0.2) is 0 Å². The fourth-order valence-corrected chi connectivity index (χ4v) is 2.77. The first kappa shape index (κ1) is 8.45. The van der Waals surface area contributed by atoms with E-state index in [1.807, 2.05) is 12.1 Å². The molecule has 1 aromatic carbocycles. The average molecular weight is 245 g/mol. The molecule has 1 aliphatic rings. The summed E-state index contributed by atoms with van der Waals surface area (Å²) in [4.78, 5) is 1.11. The summed E-state index contributed by atoms with van der Waals surface area (Å²) in [5, 5.41) is 0. The van der Waals surface area contributed by atoms with Crippen LogP contribution in [0.4, 0.5) is 0 Å². The van der Waals surface area contributed by atoms with Gasteiger partial charge in [-0.15, -0.1) is 0 Å². The van der Waals surface area contributed by atoms with E-state index in [1.54, 1.807) is 11.8 Å². The number of thioether (sulfide) groups is 1. The van der Waals surface area contributed by atoms with Gasteiger partial charge >= 0.3 is 0 Å². The van der Waals surface area contributed by atoms with Crippen molar-refractivity contribution in [1.29, 1.82) is 0 Å². The summed E-state index contributed by atoms with van der Waals surface area (Å²) in [6, 6.07) is 6.09. The summed E-state index contributed by atoms with van der Waals surface area (Å²) in [7, 11) is 0. The Morgan fingerprint density at radius 2 is 2.17 bits per heavy atom. The Morgan fingerprint density at radius 3 is 2.92 bits per heavy atom. The Balaban J connectivity index is 2.43. The van der Waals surface area contributed by atoms with E-state index in [0.29, 0.717) is 0 Å². The van der Waals surface area contributed by atoms with Crippen molar-refractivity contribution < 1.29 is 4.74 Å². The first-order valence-electron chi connectivity index (χ1n) is 3.74. The van der Waals surface area contributed by atoms with Crippen molar-refractivity contribution in [3.8, 4) is 5.75 Å². The predicted octanol–water partition coefficient (Wildman–Crippen LogP) is 3.67. The zero-order valence-electron chi connectivity index (χ0n) is 6.93. The Hall–Kier alpha value is -0.150. The van der Waals surface area contributed by atoms with Crippen LogP contribution in [0.25, 0.3) is 0 Å². The van der Waals surface area contributed by atoms with Crippen LogP contribution >= 0.6 is 27.7 Å². The predicted molar refractivity (Wildman–Crippen MR) is 54.7 cm³/mol. The molecule has 0 radical (unpaired) electrons. The topological polar surface area (TPSA) is 9.23 Å². The number of halogens is 1. The van der Waals surface area contributed by atoms with Gasteiger partial charge < -0.3 is 4.74 Å². The minimum Gasteiger partial charge on any atom is -0.476 e. The van der Waals surface area contributed by atoms with Crippen molar-refractivity contribution in [3.63, 3.8) is 0 Å². The summed E-state index contributed by atoms with van der Waals surface area (Å²) in [6.45, 7) is 4.15. The largest absolute Gasteiger partial charge is 0.476 e. The fourth-order valence-electron chi connectivity index (χ4n) is 1.20. The molecule has 1 nitrogen and oxygen atoms in total. The number of hydrogen-bond acceptors (Lipinski definition) is 2. The molecule has 3 heteroatoms. The molecular formula is C9H9BrOS. The SMILES string of the molecule is CC1(C)Oc2ccc(Br)cc2S1. The number of hydrogen-bond donors (Lipinski definition) is 0. The Bertz CT molecular complexity index is 322. The molecule has 0 spiro atoms. The summed E-state index contributed by atoms with van der Waals surface area (Å²) >= 11 is 5.19. The van der Waals surface area contributed by atoms with Gasteiger partial charge in [-0.05, 0) is 32.0 Å². The van der Waals surface area contributed by atoms with Gasteiger partial charge in [0.25, 0.3) is 0 Å². The second kappa shape index (κ2) is 2.67. The first-order valence-corrected chi connectivity index (χ1v) is 5.35. The summed E-state index contributed by atoms with van der Waals surface area (Å²) < 4.78 is 6.80. The third-order valence-electron chi connectivity index (χ3n) is 1.62. The molecule has 12 heavy (non-hydrogen) atoms. The summed E-state index contributed by atoms with van der Waals surface area (Å²) in [5.41, 5.74) is 0. The van der Waals surface area contributed by atoms with Crippen LogP contribution in [0.1, 0.15) is 13.8 Å². The van der Waals surface area contributed by atoms with Gasteiger partial charge in [0.15, 0.2) is 4.93 Å². The highest BCUT2D eigenvalue weighted by Gasteiger charge is 2.30. The van der Waals surface area contributed by atoms with Crippen LogP contribution in [0.2, 0.25) is 0 Å². The molecular weight excluding hydrogens is 236 g/mol. The van der Waals surface area contributed by atoms with E-state index in [0.717, 1.165) is 10.2 Å². The standard InChI is InChI=1S/C9H9BrOS/c1-9(2)11-7-4-3-6(10)5-8(7)12-9/h3-5H,1-2H3. The van der Waals surface area contributed by atoms with Gasteiger partial charge in [-0.3, -0.25) is 0 Å². The molecule has 64 valence electrons. The number of fused-ring (bicyclic) bond motifs is 1. The van der Waals surface area contributed by atoms with E-state index in [9.17, 15) is 0 Å². The van der Waals surface area contributed by atoms with Crippen LogP contribution in [0.15, 0.2) is 27.6 Å². The number of benzene rings is 1. The van der Waals surface area contributed by atoms with Crippen molar-refractivity contribution in [2.45, 2.75) is 23.7 Å². The normalized spacial score (nSPS) is 18.6. The third kappa shape index (κ3) is 1.48. The first-order chi connectivity index (χ1) is 5.57. The van der Waals surface area contributed by atoms with Gasteiger partial charge in [-0.2, -0.15) is 0 Å². The van der Waals surface area contributed by atoms with E-state index in [-0.39, 0.29) is 4.93 Å². The van der Waals surface area contributed by atoms with Crippen molar-refractivity contribution >= 4 is 27.7 Å². The highest BCUT2D eigenvalue weighted by Crippen LogP contribution is 2.47. The van der Waals surface area contributed by atoms with Crippen LogP contribution < -0.4 is 4.74 Å². The van der Waals surface area contributed by atoms with Crippen molar-refractivity contribution in [1.82, 2.24) is 0 Å². The lowest BCUT2D eigenvalue weighted by atomic mass is 10.3. The van der Waals surface area contributed by atoms with Gasteiger partial charge in [0, 0.05) is 4.47 Å². The molecule has 1 aromatic rings. The van der Waals surface area contributed by atoms with E-state index >= 15 is 0 Å². The molecule has 0 saturated heterocycles. The van der Waals surface area contributed by atoms with Crippen molar-refractivity contribution in [3.05, 3.63) is 22.7 Å². The molecule has 2 rings (SSSR count). The smallest absolute Gasteiger partial charge is 0.153 e. The van der Waals surface area contributed by atoms with E-state index < -0.39 is 0 Å². The molecule has 0 bridgehead atoms. The van der Waals surface area contributed by atoms with Gasteiger partial charge in [-0.1, -0.05) is 27.7 Å². The number of rotatable bonds is 0. The second-order valence-corrected chi connectivity index (χ2v) is 5.74. The Morgan fingerprint density at radius 1 is 1.42 bits per heavy atom. The lowest BCUT2D eigenvalue weighted by Crippen LogP contribution is -2.17. The van der Waals surface area contributed by atoms with Gasteiger partial charge in [0.05, 0.1) is 4.90 Å². The minimum atomic E-state index is -0.108. The summed E-state index contributed by atoms with van der Waals surface area (Å²) in [5.74, 6) is 0.994. The second-order valence-electron chi connectivity index (χ2n) is 3.20. The zero-order chi connectivity index (χ0) is 8.77. The van der Waals surface area contributed by atoms with Crippen molar-refractivity contribution in [2.24, 2.45) is 0 Å². The van der Waals surface area contributed by atoms with E-state index in [4.69, 9.17) is 4.74 Å². The maximum Gasteiger partial charge on any atom is 0.153 e. The van der Waals surface area contributed by atoms with Crippen LogP contribution in [0, 0.1) is 0 Å². The van der Waals surface area contributed by atoms with Crippen LogP contribution in [0.5, 0.6) is 5.75 Å². The molecule has 0 aromatic heterocycles. The van der Waals surface area contributed by atoms with Crippen LogP contribution in [-0.2, 0) is 0 Å². The van der Waals surface area contributed by atoms with Gasteiger partial charge in [0.2, 0.25) is 0 Å². The van der Waals surface area contributed by atoms with E-state index in [2.05, 4.69) is 35.8 Å². The Labute approximate surface area is 84.6 Å². The number of ether oxygens (including phenoxy) is 1. The monoisotopic (exact) mass is 244 g/mol.